The van der Waals surface area contributed by atoms with Gasteiger partial charge in [-0.3, -0.25) is 9.98 Å². The summed E-state index contributed by atoms with van der Waals surface area (Å²) in [6, 6.07) is 0. The Morgan fingerprint density at radius 2 is 2.22 bits per heavy atom. The SMILES string of the molecule is CN=C(NCc1ncc(C)c(OC)c1C)N1CCC(COC)C1. The number of methoxy groups -OCH3 is 2. The standard InChI is InChI=1S/C17H28N4O2/c1-12-8-19-15(13(2)16(12)23-5)9-20-17(18-3)21-7-6-14(10-21)11-22-4/h8,14H,6-7,9-11H2,1-5H3,(H,18,20). The van der Waals surface area contributed by atoms with E-state index >= 15 is 0 Å². The van der Waals surface area contributed by atoms with Gasteiger partial charge in [-0.2, -0.15) is 0 Å². The Morgan fingerprint density at radius 3 is 2.87 bits per heavy atom. The van der Waals surface area contributed by atoms with Crippen LogP contribution in [0.25, 0.3) is 0 Å². The van der Waals surface area contributed by atoms with Gasteiger partial charge >= 0.3 is 0 Å². The number of guanidine groups is 1. The van der Waals surface area contributed by atoms with E-state index in [1.165, 1.54) is 0 Å². The highest BCUT2D eigenvalue weighted by atomic mass is 16.5. The monoisotopic (exact) mass is 320 g/mol. The van der Waals surface area contributed by atoms with Crippen molar-refractivity contribution in [2.75, 3.05) is 41.0 Å². The van der Waals surface area contributed by atoms with E-state index in [9.17, 15) is 0 Å². The van der Waals surface area contributed by atoms with E-state index in [0.29, 0.717) is 12.5 Å². The molecular formula is C17H28N4O2. The maximum Gasteiger partial charge on any atom is 0.193 e. The van der Waals surface area contributed by atoms with E-state index in [1.54, 1.807) is 14.2 Å². The van der Waals surface area contributed by atoms with E-state index < -0.39 is 0 Å². The molecule has 1 atom stereocenters. The van der Waals surface area contributed by atoms with Crippen LogP contribution >= 0.6 is 0 Å². The Hall–Kier alpha value is -1.82. The van der Waals surface area contributed by atoms with E-state index in [1.807, 2.05) is 27.1 Å². The summed E-state index contributed by atoms with van der Waals surface area (Å²) in [5.74, 6) is 2.41. The number of pyridine rings is 1. The van der Waals surface area contributed by atoms with Crippen molar-refractivity contribution in [2.45, 2.75) is 26.8 Å². The normalized spacial score (nSPS) is 18.4. The van der Waals surface area contributed by atoms with E-state index in [0.717, 1.165) is 54.6 Å². The number of nitrogens with zero attached hydrogens (tertiary/aromatic N) is 3. The van der Waals surface area contributed by atoms with Gasteiger partial charge < -0.3 is 19.7 Å². The summed E-state index contributed by atoms with van der Waals surface area (Å²) in [7, 11) is 5.28. The molecule has 1 aliphatic heterocycles. The van der Waals surface area contributed by atoms with E-state index in [2.05, 4.69) is 20.2 Å². The van der Waals surface area contributed by atoms with Crippen molar-refractivity contribution >= 4 is 5.96 Å². The molecule has 1 aromatic heterocycles. The smallest absolute Gasteiger partial charge is 0.193 e. The average molecular weight is 320 g/mol. The molecule has 1 unspecified atom stereocenters. The molecule has 1 aliphatic rings. The van der Waals surface area contributed by atoms with Crippen molar-refractivity contribution in [1.82, 2.24) is 15.2 Å². The van der Waals surface area contributed by atoms with Crippen LogP contribution in [0.15, 0.2) is 11.2 Å². The van der Waals surface area contributed by atoms with Gasteiger partial charge in [0.05, 0.1) is 26.0 Å². The van der Waals surface area contributed by atoms with Crippen LogP contribution in [0.4, 0.5) is 0 Å². The number of nitrogens with one attached hydrogen (secondary N) is 1. The second kappa shape index (κ2) is 8.15. The summed E-state index contributed by atoms with van der Waals surface area (Å²) in [4.78, 5) is 11.2. The molecule has 0 aromatic carbocycles. The molecule has 0 amide bonds. The van der Waals surface area contributed by atoms with Crippen molar-refractivity contribution in [1.29, 1.82) is 0 Å². The molecule has 2 rings (SSSR count). The summed E-state index contributed by atoms with van der Waals surface area (Å²) in [5, 5.41) is 3.42. The fraction of sp³-hybridized carbons (Fsp3) is 0.647. The lowest BCUT2D eigenvalue weighted by Gasteiger charge is -2.22. The molecule has 2 heterocycles. The third-order valence-corrected chi connectivity index (χ3v) is 4.36. The first-order valence-electron chi connectivity index (χ1n) is 8.04. The minimum Gasteiger partial charge on any atom is -0.496 e. The van der Waals surface area contributed by atoms with Crippen LogP contribution < -0.4 is 10.1 Å². The third-order valence-electron chi connectivity index (χ3n) is 4.36. The molecule has 6 heteroatoms. The summed E-state index contributed by atoms with van der Waals surface area (Å²) in [5.41, 5.74) is 3.12. The van der Waals surface area contributed by atoms with Gasteiger partial charge in [0.25, 0.3) is 0 Å². The van der Waals surface area contributed by atoms with Crippen LogP contribution in [0.2, 0.25) is 0 Å². The Bertz CT molecular complexity index is 560. The molecule has 0 spiro atoms. The molecule has 23 heavy (non-hydrogen) atoms. The largest absolute Gasteiger partial charge is 0.496 e. The van der Waals surface area contributed by atoms with Gasteiger partial charge in [0, 0.05) is 50.5 Å². The van der Waals surface area contributed by atoms with Crippen LogP contribution in [-0.4, -0.2) is 56.8 Å². The van der Waals surface area contributed by atoms with Crippen molar-refractivity contribution < 1.29 is 9.47 Å². The van der Waals surface area contributed by atoms with E-state index in [-0.39, 0.29) is 0 Å². The third kappa shape index (κ3) is 4.13. The van der Waals surface area contributed by atoms with Gasteiger partial charge in [0.2, 0.25) is 0 Å². The fourth-order valence-electron chi connectivity index (χ4n) is 3.14. The number of ether oxygens (including phenoxy) is 2. The number of rotatable bonds is 5. The van der Waals surface area contributed by atoms with Crippen LogP contribution in [0.3, 0.4) is 0 Å². The number of likely N-dealkylation sites (tertiary alicyclic amines) is 1. The zero-order chi connectivity index (χ0) is 16.8. The predicted molar refractivity (Wildman–Crippen MR) is 92.0 cm³/mol. The Balaban J connectivity index is 1.99. The lowest BCUT2D eigenvalue weighted by molar-refractivity contribution is 0.157. The Labute approximate surface area is 138 Å². The van der Waals surface area contributed by atoms with Crippen molar-refractivity contribution in [3.63, 3.8) is 0 Å². The number of aryl methyl sites for hydroxylation is 1. The number of hydrogen-bond acceptors (Lipinski definition) is 4. The topological polar surface area (TPSA) is 59.0 Å². The molecule has 1 fully saturated rings. The molecule has 0 radical (unpaired) electrons. The molecule has 6 nitrogen and oxygen atoms in total. The second-order valence-corrected chi connectivity index (χ2v) is 6.00. The number of aromatic nitrogens is 1. The van der Waals surface area contributed by atoms with Gasteiger partial charge in [-0.05, 0) is 20.3 Å². The van der Waals surface area contributed by atoms with Crippen molar-refractivity contribution in [3.05, 3.63) is 23.0 Å². The lowest BCUT2D eigenvalue weighted by atomic mass is 10.1. The number of aliphatic imine (C=N–C) groups is 1. The van der Waals surface area contributed by atoms with Crippen molar-refractivity contribution in [2.24, 2.45) is 10.9 Å². The molecule has 0 saturated carbocycles. The van der Waals surface area contributed by atoms with Gasteiger partial charge in [0.15, 0.2) is 5.96 Å². The molecule has 1 aromatic rings. The van der Waals surface area contributed by atoms with Crippen LogP contribution in [0, 0.1) is 19.8 Å². The highest BCUT2D eigenvalue weighted by molar-refractivity contribution is 5.80. The first-order chi connectivity index (χ1) is 11.1. The quantitative estimate of drug-likeness (QED) is 0.662. The van der Waals surface area contributed by atoms with Crippen LogP contribution in [0.5, 0.6) is 5.75 Å². The van der Waals surface area contributed by atoms with Gasteiger partial charge in [-0.1, -0.05) is 0 Å². The molecule has 0 bridgehead atoms. The first-order valence-corrected chi connectivity index (χ1v) is 8.04. The second-order valence-electron chi connectivity index (χ2n) is 6.00. The van der Waals surface area contributed by atoms with Gasteiger partial charge in [-0.15, -0.1) is 0 Å². The maximum absolute atomic E-state index is 5.47. The fourth-order valence-corrected chi connectivity index (χ4v) is 3.14. The maximum atomic E-state index is 5.47. The highest BCUT2D eigenvalue weighted by Gasteiger charge is 2.24. The zero-order valence-corrected chi connectivity index (χ0v) is 14.8. The Morgan fingerprint density at radius 1 is 1.43 bits per heavy atom. The lowest BCUT2D eigenvalue weighted by Crippen LogP contribution is -2.40. The average Bonchev–Trinajstić information content (AvgIpc) is 2.99. The minimum atomic E-state index is 0.581. The molecular weight excluding hydrogens is 292 g/mol. The zero-order valence-electron chi connectivity index (χ0n) is 14.8. The molecule has 128 valence electrons. The Kier molecular flexibility index (Phi) is 6.21. The minimum absolute atomic E-state index is 0.581. The van der Waals surface area contributed by atoms with Crippen molar-refractivity contribution in [3.8, 4) is 5.75 Å². The number of hydrogen-bond donors (Lipinski definition) is 1. The molecule has 1 N–H and O–H groups in total. The molecule has 0 aliphatic carbocycles. The van der Waals surface area contributed by atoms with Gasteiger partial charge in [-0.25, -0.2) is 0 Å². The first kappa shape index (κ1) is 17.5. The van der Waals surface area contributed by atoms with E-state index in [4.69, 9.17) is 9.47 Å². The van der Waals surface area contributed by atoms with Crippen LogP contribution in [-0.2, 0) is 11.3 Å². The van der Waals surface area contributed by atoms with Crippen LogP contribution in [0.1, 0.15) is 23.2 Å². The highest BCUT2D eigenvalue weighted by Crippen LogP contribution is 2.24. The molecule has 1 saturated heterocycles. The summed E-state index contributed by atoms with van der Waals surface area (Å²) in [6.45, 7) is 7.50. The summed E-state index contributed by atoms with van der Waals surface area (Å²) < 4.78 is 10.7. The summed E-state index contributed by atoms with van der Waals surface area (Å²) >= 11 is 0. The predicted octanol–water partition coefficient (Wildman–Crippen LogP) is 1.75. The van der Waals surface area contributed by atoms with Gasteiger partial charge in [0.1, 0.15) is 5.75 Å². The summed E-state index contributed by atoms with van der Waals surface area (Å²) in [6.07, 6.45) is 3.00.